The van der Waals surface area contributed by atoms with Gasteiger partial charge in [-0.25, -0.2) is 9.07 Å². The van der Waals surface area contributed by atoms with E-state index < -0.39 is 0 Å². The molecular weight excluding hydrogens is 421 g/mol. The molecule has 4 rings (SSSR count). The lowest BCUT2D eigenvalue weighted by Gasteiger charge is -2.21. The van der Waals surface area contributed by atoms with E-state index in [1.165, 1.54) is 12.1 Å². The molecule has 162 valence electrons. The smallest absolute Gasteiger partial charge is 0.254 e. The van der Waals surface area contributed by atoms with Crippen LogP contribution >= 0.6 is 11.6 Å². The predicted molar refractivity (Wildman–Crippen MR) is 115 cm³/mol. The van der Waals surface area contributed by atoms with Gasteiger partial charge in [0.05, 0.1) is 29.7 Å². The molecule has 6 nitrogen and oxygen atoms in total. The highest BCUT2D eigenvalue weighted by atomic mass is 35.5. The molecule has 0 spiro atoms. The van der Waals surface area contributed by atoms with Crippen molar-refractivity contribution < 1.29 is 18.7 Å². The number of hydrogen-bond acceptors (Lipinski definition) is 4. The fourth-order valence-electron chi connectivity index (χ4n) is 3.72. The van der Waals surface area contributed by atoms with Crippen molar-refractivity contribution in [2.24, 2.45) is 0 Å². The highest BCUT2D eigenvalue weighted by Crippen LogP contribution is 2.30. The summed E-state index contributed by atoms with van der Waals surface area (Å²) in [5.74, 6) is 0.141. The Morgan fingerprint density at radius 2 is 2.06 bits per heavy atom. The third-order valence-corrected chi connectivity index (χ3v) is 5.35. The van der Waals surface area contributed by atoms with Crippen LogP contribution in [-0.2, 0) is 17.8 Å². The highest BCUT2D eigenvalue weighted by molar-refractivity contribution is 6.30. The molecule has 0 saturated heterocycles. The normalized spacial score (nSPS) is 13.1. The van der Waals surface area contributed by atoms with Gasteiger partial charge in [0.25, 0.3) is 5.91 Å². The monoisotopic (exact) mass is 443 g/mol. The van der Waals surface area contributed by atoms with Gasteiger partial charge in [0.2, 0.25) is 0 Å². The number of benzene rings is 2. The maximum absolute atomic E-state index is 13.9. The summed E-state index contributed by atoms with van der Waals surface area (Å²) in [5, 5.41) is 7.98. The maximum Gasteiger partial charge on any atom is 0.254 e. The van der Waals surface area contributed by atoms with Crippen molar-refractivity contribution in [3.8, 4) is 11.4 Å². The summed E-state index contributed by atoms with van der Waals surface area (Å²) >= 11 is 5.99. The lowest BCUT2D eigenvalue weighted by atomic mass is 10.0. The summed E-state index contributed by atoms with van der Waals surface area (Å²) in [7, 11) is 0. The van der Waals surface area contributed by atoms with Gasteiger partial charge in [0, 0.05) is 17.1 Å². The second kappa shape index (κ2) is 9.08. The van der Waals surface area contributed by atoms with Gasteiger partial charge in [-0.05, 0) is 54.3 Å². The number of carbonyl (C=O) groups excluding carboxylic acids is 1. The molecule has 1 N–H and O–H groups in total. The number of fused-ring (bicyclic) bond motifs is 1. The van der Waals surface area contributed by atoms with E-state index in [0.29, 0.717) is 47.0 Å². The maximum atomic E-state index is 13.9. The van der Waals surface area contributed by atoms with E-state index in [9.17, 15) is 9.18 Å². The van der Waals surface area contributed by atoms with E-state index in [2.05, 4.69) is 10.4 Å². The van der Waals surface area contributed by atoms with Gasteiger partial charge in [-0.15, -0.1) is 0 Å². The van der Waals surface area contributed by atoms with Gasteiger partial charge in [-0.3, -0.25) is 4.79 Å². The van der Waals surface area contributed by atoms with Crippen LogP contribution in [0.25, 0.3) is 5.69 Å². The van der Waals surface area contributed by atoms with E-state index in [-0.39, 0.29) is 24.4 Å². The fraction of sp³-hybridized carbons (Fsp3) is 0.304. The van der Waals surface area contributed by atoms with E-state index >= 15 is 0 Å². The van der Waals surface area contributed by atoms with Gasteiger partial charge >= 0.3 is 0 Å². The zero-order valence-electron chi connectivity index (χ0n) is 17.3. The van der Waals surface area contributed by atoms with Gasteiger partial charge in [0.15, 0.2) is 6.79 Å². The quantitative estimate of drug-likeness (QED) is 0.603. The third kappa shape index (κ3) is 4.57. The van der Waals surface area contributed by atoms with Crippen molar-refractivity contribution in [2.45, 2.75) is 32.8 Å². The van der Waals surface area contributed by atoms with Gasteiger partial charge in [0.1, 0.15) is 11.6 Å². The largest absolute Gasteiger partial charge is 0.467 e. The molecule has 0 bridgehead atoms. The average molecular weight is 444 g/mol. The molecule has 1 amide bonds. The Morgan fingerprint density at radius 1 is 1.29 bits per heavy atom. The molecule has 0 saturated carbocycles. The van der Waals surface area contributed by atoms with Crippen LogP contribution in [0.2, 0.25) is 5.02 Å². The number of ether oxygens (including phenoxy) is 2. The molecule has 1 aromatic heterocycles. The van der Waals surface area contributed by atoms with Gasteiger partial charge in [-0.1, -0.05) is 25.4 Å². The molecule has 0 radical (unpaired) electrons. The summed E-state index contributed by atoms with van der Waals surface area (Å²) in [6.45, 7) is 4.81. The lowest BCUT2D eigenvalue weighted by molar-refractivity contribution is -0.0172. The number of rotatable bonds is 6. The zero-order valence-corrected chi connectivity index (χ0v) is 18.1. The number of aromatic nitrogens is 2. The van der Waals surface area contributed by atoms with Crippen LogP contribution in [-0.4, -0.2) is 29.0 Å². The topological polar surface area (TPSA) is 65.4 Å². The number of nitrogens with zero attached hydrogens (tertiary/aromatic N) is 2. The Kier molecular flexibility index (Phi) is 6.25. The third-order valence-electron chi connectivity index (χ3n) is 5.10. The van der Waals surface area contributed by atoms with Crippen molar-refractivity contribution in [1.82, 2.24) is 15.1 Å². The fourth-order valence-corrected chi connectivity index (χ4v) is 3.85. The standard InChI is InChI=1S/C23H23ClFN3O3/c1-14(2)21-20(11-27-28(21)19-5-3-17(24)4-6-19)23(29)26-8-7-15-9-18(25)10-16-12-30-13-31-22(15)16/h3-6,9-11,14H,7-8,12-13H2,1-2H3,(H,26,29). The second-order valence-electron chi connectivity index (χ2n) is 7.66. The molecular formula is C23H23ClFN3O3. The predicted octanol–water partition coefficient (Wildman–Crippen LogP) is 4.63. The number of nitrogens with one attached hydrogen (secondary N) is 1. The molecule has 0 aliphatic carbocycles. The minimum atomic E-state index is -0.347. The van der Waals surface area contributed by atoms with Crippen molar-refractivity contribution in [3.63, 3.8) is 0 Å². The van der Waals surface area contributed by atoms with Crippen LogP contribution in [0, 0.1) is 5.82 Å². The SMILES string of the molecule is CC(C)c1c(C(=O)NCCc2cc(F)cc3c2OCOC3)cnn1-c1ccc(Cl)cc1. The zero-order chi connectivity index (χ0) is 22.0. The second-order valence-corrected chi connectivity index (χ2v) is 8.09. The summed E-state index contributed by atoms with van der Waals surface area (Å²) in [5.41, 5.74) is 3.54. The average Bonchev–Trinajstić information content (AvgIpc) is 3.19. The molecule has 1 aliphatic rings. The van der Waals surface area contributed by atoms with Crippen LogP contribution < -0.4 is 10.1 Å². The number of hydrogen-bond donors (Lipinski definition) is 1. The van der Waals surface area contributed by atoms with Crippen molar-refractivity contribution in [1.29, 1.82) is 0 Å². The van der Waals surface area contributed by atoms with Crippen molar-refractivity contribution >= 4 is 17.5 Å². The van der Waals surface area contributed by atoms with E-state index in [0.717, 1.165) is 11.4 Å². The van der Waals surface area contributed by atoms with Crippen LogP contribution in [0.15, 0.2) is 42.6 Å². The lowest BCUT2D eigenvalue weighted by Crippen LogP contribution is -2.27. The van der Waals surface area contributed by atoms with Gasteiger partial charge in [-0.2, -0.15) is 5.10 Å². The summed E-state index contributed by atoms with van der Waals surface area (Å²) in [6, 6.07) is 10.1. The summed E-state index contributed by atoms with van der Waals surface area (Å²) in [4.78, 5) is 12.9. The number of amides is 1. The van der Waals surface area contributed by atoms with Crippen LogP contribution in [0.5, 0.6) is 5.75 Å². The first-order chi connectivity index (χ1) is 14.9. The Hall–Kier alpha value is -2.90. The number of halogens is 2. The van der Waals surface area contributed by atoms with E-state index in [1.54, 1.807) is 23.0 Å². The van der Waals surface area contributed by atoms with E-state index in [4.69, 9.17) is 21.1 Å². The molecule has 1 aliphatic heterocycles. The number of carbonyl (C=O) groups is 1. The minimum Gasteiger partial charge on any atom is -0.467 e. The first-order valence-corrected chi connectivity index (χ1v) is 10.5. The molecule has 0 atom stereocenters. The molecule has 0 fully saturated rings. The van der Waals surface area contributed by atoms with E-state index in [1.807, 2.05) is 26.0 Å². The summed E-state index contributed by atoms with van der Waals surface area (Å²) < 4.78 is 26.4. The molecule has 8 heteroatoms. The highest BCUT2D eigenvalue weighted by Gasteiger charge is 2.21. The Balaban J connectivity index is 1.50. The minimum absolute atomic E-state index is 0.0718. The Morgan fingerprint density at radius 3 is 2.81 bits per heavy atom. The van der Waals surface area contributed by atoms with Crippen LogP contribution in [0.1, 0.15) is 46.9 Å². The molecule has 31 heavy (non-hydrogen) atoms. The summed E-state index contributed by atoms with van der Waals surface area (Å²) in [6.07, 6.45) is 2.01. The Labute approximate surface area is 184 Å². The molecule has 2 aromatic carbocycles. The van der Waals surface area contributed by atoms with Crippen LogP contribution in [0.4, 0.5) is 4.39 Å². The van der Waals surface area contributed by atoms with Crippen molar-refractivity contribution in [2.75, 3.05) is 13.3 Å². The molecule has 0 unspecified atom stereocenters. The van der Waals surface area contributed by atoms with Crippen molar-refractivity contribution in [3.05, 3.63) is 75.8 Å². The Bertz CT molecular complexity index is 1100. The van der Waals surface area contributed by atoms with Gasteiger partial charge < -0.3 is 14.8 Å². The first kappa shape index (κ1) is 21.3. The molecule has 3 aromatic rings. The molecule has 2 heterocycles. The first-order valence-electron chi connectivity index (χ1n) is 10.1. The van der Waals surface area contributed by atoms with Crippen LogP contribution in [0.3, 0.4) is 0 Å².